The largest absolute Gasteiger partial charge is 0.465 e. The summed E-state index contributed by atoms with van der Waals surface area (Å²) in [7, 11) is 1.27. The number of esters is 1. The molecule has 2 heterocycles. The number of ether oxygens (including phenoxy) is 1. The number of hydrogen-bond donors (Lipinski definition) is 1. The number of rotatable bonds is 5. The van der Waals surface area contributed by atoms with E-state index >= 15 is 0 Å². The molecule has 0 bridgehead atoms. The molecule has 1 N–H and O–H groups in total. The van der Waals surface area contributed by atoms with Crippen molar-refractivity contribution in [3.05, 3.63) is 88.7 Å². The third kappa shape index (κ3) is 3.93. The Hall–Kier alpha value is -4.27. The fourth-order valence-corrected chi connectivity index (χ4v) is 3.25. The maximum atomic E-state index is 13.3. The molecule has 0 radical (unpaired) electrons. The number of carbonyl (C=O) groups excluding carboxylic acids is 2. The van der Waals surface area contributed by atoms with Gasteiger partial charge in [-0.15, -0.1) is 0 Å². The Kier molecular flexibility index (Phi) is 5.31. The maximum absolute atomic E-state index is 13.3. The van der Waals surface area contributed by atoms with Gasteiger partial charge in [-0.05, 0) is 54.6 Å². The van der Waals surface area contributed by atoms with E-state index in [2.05, 4.69) is 15.0 Å². The topological polar surface area (TPSA) is 95.2 Å². The van der Waals surface area contributed by atoms with Gasteiger partial charge in [-0.3, -0.25) is 9.36 Å². The zero-order valence-electron chi connectivity index (χ0n) is 16.4. The van der Waals surface area contributed by atoms with Crippen LogP contribution in [0.4, 0.5) is 10.1 Å². The lowest BCUT2D eigenvalue weighted by Gasteiger charge is -2.07. The number of benzene rings is 2. The van der Waals surface area contributed by atoms with Crippen molar-refractivity contribution in [3.8, 4) is 5.69 Å². The van der Waals surface area contributed by atoms with Crippen LogP contribution in [0.15, 0.2) is 71.7 Å². The van der Waals surface area contributed by atoms with E-state index in [0.29, 0.717) is 22.5 Å². The summed E-state index contributed by atoms with van der Waals surface area (Å²) in [6.45, 7) is -0.280. The lowest BCUT2D eigenvalue weighted by Crippen LogP contribution is -2.29. The number of anilines is 1. The highest BCUT2D eigenvalue weighted by molar-refractivity contribution is 5.94. The summed E-state index contributed by atoms with van der Waals surface area (Å²) in [6.07, 6.45) is 1.53. The highest BCUT2D eigenvalue weighted by Crippen LogP contribution is 2.17. The van der Waals surface area contributed by atoms with Gasteiger partial charge in [0.15, 0.2) is 5.65 Å². The molecule has 2 aromatic heterocycles. The molecule has 0 unspecified atom stereocenters. The van der Waals surface area contributed by atoms with Crippen molar-refractivity contribution in [2.24, 2.45) is 0 Å². The minimum atomic E-state index is -0.527. The zero-order valence-corrected chi connectivity index (χ0v) is 16.4. The van der Waals surface area contributed by atoms with Gasteiger partial charge in [0.25, 0.3) is 0 Å². The van der Waals surface area contributed by atoms with Gasteiger partial charge in [-0.2, -0.15) is 0 Å². The molecule has 4 rings (SSSR count). The second kappa shape index (κ2) is 8.23. The average molecular weight is 420 g/mol. The molecule has 0 saturated carbocycles. The van der Waals surface area contributed by atoms with Crippen LogP contribution in [0.25, 0.3) is 16.9 Å². The summed E-state index contributed by atoms with van der Waals surface area (Å²) in [5, 5.41) is 2.67. The molecule has 0 spiro atoms. The first kappa shape index (κ1) is 20.0. The SMILES string of the molecule is COC(=O)c1cccc(NC(=O)Cn2c(=O)n(-c3ccc(F)cc3)c3ncccc32)c1. The van der Waals surface area contributed by atoms with Crippen molar-refractivity contribution in [3.63, 3.8) is 0 Å². The van der Waals surface area contributed by atoms with Crippen molar-refractivity contribution < 1.29 is 18.7 Å². The Bertz CT molecular complexity index is 1340. The average Bonchev–Trinajstić information content (AvgIpc) is 3.05. The molecule has 0 aliphatic heterocycles. The van der Waals surface area contributed by atoms with Gasteiger partial charge in [0.05, 0.1) is 23.9 Å². The number of hydrogen-bond acceptors (Lipinski definition) is 5. The first-order chi connectivity index (χ1) is 15.0. The van der Waals surface area contributed by atoms with E-state index in [0.717, 1.165) is 0 Å². The molecule has 0 saturated heterocycles. The van der Waals surface area contributed by atoms with E-state index in [1.54, 1.807) is 30.3 Å². The molecular formula is C22H17FN4O4. The fraction of sp³-hybridized carbons (Fsp3) is 0.0909. The minimum absolute atomic E-state index is 0.280. The van der Waals surface area contributed by atoms with E-state index in [4.69, 9.17) is 0 Å². The van der Waals surface area contributed by atoms with Gasteiger partial charge in [0.1, 0.15) is 12.4 Å². The molecular weight excluding hydrogens is 403 g/mol. The normalized spacial score (nSPS) is 10.8. The molecule has 9 heteroatoms. The minimum Gasteiger partial charge on any atom is -0.465 e. The number of carbonyl (C=O) groups is 2. The van der Waals surface area contributed by atoms with Crippen LogP contribution in [0.1, 0.15) is 10.4 Å². The predicted octanol–water partition coefficient (Wildman–Crippen LogP) is 2.75. The Morgan fingerprint density at radius 3 is 2.61 bits per heavy atom. The Morgan fingerprint density at radius 2 is 1.87 bits per heavy atom. The highest BCUT2D eigenvalue weighted by atomic mass is 19.1. The molecule has 156 valence electrons. The molecule has 0 aliphatic carbocycles. The van der Waals surface area contributed by atoms with Gasteiger partial charge in [-0.1, -0.05) is 6.07 Å². The first-order valence-electron chi connectivity index (χ1n) is 9.28. The van der Waals surface area contributed by atoms with Gasteiger partial charge < -0.3 is 10.1 Å². The molecule has 0 atom stereocenters. The second-order valence-corrected chi connectivity index (χ2v) is 6.65. The summed E-state index contributed by atoms with van der Waals surface area (Å²) in [5.74, 6) is -1.42. The molecule has 4 aromatic rings. The van der Waals surface area contributed by atoms with E-state index in [1.807, 2.05) is 0 Å². The standard InChI is InChI=1S/C22H17FN4O4/c1-31-21(29)14-4-2-5-16(12-14)25-19(28)13-26-18-6-3-11-24-20(18)27(22(26)30)17-9-7-15(23)8-10-17/h2-12H,13H2,1H3,(H,25,28). The van der Waals surface area contributed by atoms with Crippen molar-refractivity contribution in [1.82, 2.24) is 14.1 Å². The van der Waals surface area contributed by atoms with Crippen molar-refractivity contribution in [1.29, 1.82) is 0 Å². The maximum Gasteiger partial charge on any atom is 0.337 e. The second-order valence-electron chi connectivity index (χ2n) is 6.65. The van der Waals surface area contributed by atoms with Crippen molar-refractivity contribution in [2.45, 2.75) is 6.54 Å². The predicted molar refractivity (Wildman–Crippen MR) is 112 cm³/mol. The van der Waals surface area contributed by atoms with E-state index in [-0.39, 0.29) is 12.1 Å². The van der Waals surface area contributed by atoms with Crippen LogP contribution < -0.4 is 11.0 Å². The molecule has 1 amide bonds. The monoisotopic (exact) mass is 420 g/mol. The van der Waals surface area contributed by atoms with E-state index < -0.39 is 23.4 Å². The first-order valence-corrected chi connectivity index (χ1v) is 9.28. The van der Waals surface area contributed by atoms with Crippen LogP contribution in [0.3, 0.4) is 0 Å². The summed E-state index contributed by atoms with van der Waals surface area (Å²) in [6, 6.07) is 15.0. The molecule has 0 fully saturated rings. The Balaban J connectivity index is 1.67. The third-order valence-corrected chi connectivity index (χ3v) is 4.64. The van der Waals surface area contributed by atoms with Gasteiger partial charge in [0, 0.05) is 11.9 Å². The summed E-state index contributed by atoms with van der Waals surface area (Å²) in [5.41, 5.74) is 1.42. The fourth-order valence-electron chi connectivity index (χ4n) is 3.25. The summed E-state index contributed by atoms with van der Waals surface area (Å²) >= 11 is 0. The quantitative estimate of drug-likeness (QED) is 0.501. The van der Waals surface area contributed by atoms with Gasteiger partial charge in [-0.25, -0.2) is 23.5 Å². The molecule has 31 heavy (non-hydrogen) atoms. The Morgan fingerprint density at radius 1 is 1.10 bits per heavy atom. The number of nitrogens with one attached hydrogen (secondary N) is 1. The lowest BCUT2D eigenvalue weighted by molar-refractivity contribution is -0.116. The van der Waals surface area contributed by atoms with Crippen LogP contribution in [0, 0.1) is 5.82 Å². The molecule has 2 aromatic carbocycles. The third-order valence-electron chi connectivity index (χ3n) is 4.64. The number of fused-ring (bicyclic) bond motifs is 1. The zero-order chi connectivity index (χ0) is 22.0. The number of imidazole rings is 1. The van der Waals surface area contributed by atoms with Crippen LogP contribution in [-0.2, 0) is 16.1 Å². The molecule has 8 nitrogen and oxygen atoms in total. The van der Waals surface area contributed by atoms with E-state index in [1.165, 1.54) is 52.8 Å². The van der Waals surface area contributed by atoms with Crippen molar-refractivity contribution >= 4 is 28.7 Å². The van der Waals surface area contributed by atoms with E-state index in [9.17, 15) is 18.8 Å². The Labute approximate surface area is 175 Å². The van der Waals surface area contributed by atoms with Gasteiger partial charge in [0.2, 0.25) is 5.91 Å². The van der Waals surface area contributed by atoms with Crippen LogP contribution >= 0.6 is 0 Å². The highest BCUT2D eigenvalue weighted by Gasteiger charge is 2.18. The summed E-state index contributed by atoms with van der Waals surface area (Å²) in [4.78, 5) is 41.7. The number of nitrogens with zero attached hydrogens (tertiary/aromatic N) is 3. The smallest absolute Gasteiger partial charge is 0.337 e. The number of methoxy groups -OCH3 is 1. The van der Waals surface area contributed by atoms with Crippen LogP contribution in [0.2, 0.25) is 0 Å². The molecule has 0 aliphatic rings. The lowest BCUT2D eigenvalue weighted by atomic mass is 10.2. The van der Waals surface area contributed by atoms with Crippen LogP contribution in [-0.4, -0.2) is 33.1 Å². The number of halogens is 1. The number of amides is 1. The number of pyridine rings is 1. The van der Waals surface area contributed by atoms with Crippen molar-refractivity contribution in [2.75, 3.05) is 12.4 Å². The number of aromatic nitrogens is 3. The summed E-state index contributed by atoms with van der Waals surface area (Å²) < 4.78 is 20.6. The van der Waals surface area contributed by atoms with Gasteiger partial charge >= 0.3 is 11.7 Å². The van der Waals surface area contributed by atoms with Crippen LogP contribution in [0.5, 0.6) is 0 Å².